The molecule has 0 aromatic rings. The third-order valence-corrected chi connectivity index (χ3v) is 1.92. The number of rotatable bonds is 5. The van der Waals surface area contributed by atoms with Crippen molar-refractivity contribution < 1.29 is 23.9 Å². The number of esters is 2. The van der Waals surface area contributed by atoms with E-state index < -0.39 is 23.1 Å². The minimum Gasteiger partial charge on any atom is -0.469 e. The number of halogens is 1. The van der Waals surface area contributed by atoms with Gasteiger partial charge in [0.1, 0.15) is 0 Å². The molecular formula is C8H11ClO5. The number of ketones is 1. The van der Waals surface area contributed by atoms with Crippen LogP contribution in [0, 0.1) is 0 Å². The Morgan fingerprint density at radius 3 is 2.14 bits per heavy atom. The van der Waals surface area contributed by atoms with Gasteiger partial charge in [0, 0.05) is 6.42 Å². The van der Waals surface area contributed by atoms with Gasteiger partial charge in [-0.25, -0.2) is 4.79 Å². The Labute approximate surface area is 86.3 Å². The lowest BCUT2D eigenvalue weighted by Crippen LogP contribution is -2.26. The Hall–Kier alpha value is -1.10. The van der Waals surface area contributed by atoms with Gasteiger partial charge in [-0.05, 0) is 0 Å². The van der Waals surface area contributed by atoms with Crippen LogP contribution in [0.25, 0.3) is 0 Å². The summed E-state index contributed by atoms with van der Waals surface area (Å²) in [6.45, 7) is 0. The summed E-state index contributed by atoms with van der Waals surface area (Å²) in [5.74, 6) is -1.89. The summed E-state index contributed by atoms with van der Waals surface area (Å²) >= 11 is 5.43. The zero-order chi connectivity index (χ0) is 11.1. The fourth-order valence-corrected chi connectivity index (χ4v) is 0.887. The van der Waals surface area contributed by atoms with Gasteiger partial charge in [0.25, 0.3) is 0 Å². The SMILES string of the molecule is COC(=O)CCC(=O)C(Cl)C(=O)OC. The molecule has 0 bridgehead atoms. The van der Waals surface area contributed by atoms with Crippen molar-refractivity contribution in [3.8, 4) is 0 Å². The number of ether oxygens (including phenoxy) is 2. The van der Waals surface area contributed by atoms with Crippen LogP contribution in [0.1, 0.15) is 12.8 Å². The van der Waals surface area contributed by atoms with Crippen LogP contribution >= 0.6 is 11.6 Å². The van der Waals surface area contributed by atoms with Crippen molar-refractivity contribution in [2.24, 2.45) is 0 Å². The smallest absolute Gasteiger partial charge is 0.331 e. The largest absolute Gasteiger partial charge is 0.469 e. The Kier molecular flexibility index (Phi) is 5.87. The van der Waals surface area contributed by atoms with Gasteiger partial charge in [0.15, 0.2) is 11.2 Å². The summed E-state index contributed by atoms with van der Waals surface area (Å²) in [4.78, 5) is 32.5. The molecule has 1 unspecified atom stereocenters. The Morgan fingerprint density at radius 1 is 1.14 bits per heavy atom. The summed E-state index contributed by atoms with van der Waals surface area (Å²) in [7, 11) is 2.34. The lowest BCUT2D eigenvalue weighted by Gasteiger charge is -2.05. The van der Waals surface area contributed by atoms with E-state index in [2.05, 4.69) is 9.47 Å². The lowest BCUT2D eigenvalue weighted by atomic mass is 10.1. The molecule has 0 aromatic carbocycles. The van der Waals surface area contributed by atoms with Gasteiger partial charge in [0.05, 0.1) is 20.6 Å². The molecule has 0 N–H and O–H groups in total. The van der Waals surface area contributed by atoms with Crippen molar-refractivity contribution in [1.82, 2.24) is 0 Å². The zero-order valence-electron chi connectivity index (χ0n) is 7.91. The Morgan fingerprint density at radius 2 is 1.71 bits per heavy atom. The molecule has 0 aromatic heterocycles. The minimum atomic E-state index is -1.34. The first-order valence-electron chi connectivity index (χ1n) is 3.84. The first-order chi connectivity index (χ1) is 6.52. The van der Waals surface area contributed by atoms with E-state index in [1.54, 1.807) is 0 Å². The summed E-state index contributed by atoms with van der Waals surface area (Å²) in [6.07, 6.45) is -0.217. The molecule has 0 spiro atoms. The molecule has 6 heteroatoms. The van der Waals surface area contributed by atoms with E-state index in [1.807, 2.05) is 0 Å². The third kappa shape index (κ3) is 4.23. The van der Waals surface area contributed by atoms with Crippen molar-refractivity contribution in [1.29, 1.82) is 0 Å². The zero-order valence-corrected chi connectivity index (χ0v) is 8.67. The number of hydrogen-bond donors (Lipinski definition) is 0. The van der Waals surface area contributed by atoms with E-state index in [1.165, 1.54) is 7.11 Å². The number of carbonyl (C=O) groups is 3. The second-order valence-corrected chi connectivity index (χ2v) is 2.86. The van der Waals surface area contributed by atoms with Gasteiger partial charge >= 0.3 is 11.9 Å². The molecule has 0 saturated carbocycles. The maximum Gasteiger partial charge on any atom is 0.331 e. The van der Waals surface area contributed by atoms with Crippen LogP contribution in [0.5, 0.6) is 0 Å². The molecule has 14 heavy (non-hydrogen) atoms. The number of Topliss-reactive ketones (excluding diaryl/α,β-unsaturated/α-hetero) is 1. The molecule has 1 atom stereocenters. The molecule has 0 amide bonds. The molecule has 0 aliphatic carbocycles. The maximum absolute atomic E-state index is 11.1. The van der Waals surface area contributed by atoms with Crippen LogP contribution in [0.4, 0.5) is 0 Å². The summed E-state index contributed by atoms with van der Waals surface area (Å²) in [5.41, 5.74) is 0. The van der Waals surface area contributed by atoms with E-state index in [0.29, 0.717) is 0 Å². The van der Waals surface area contributed by atoms with Crippen molar-refractivity contribution in [3.05, 3.63) is 0 Å². The highest BCUT2D eigenvalue weighted by Crippen LogP contribution is 2.05. The molecule has 5 nitrogen and oxygen atoms in total. The molecule has 0 radical (unpaired) electrons. The maximum atomic E-state index is 11.1. The second-order valence-electron chi connectivity index (χ2n) is 2.43. The fourth-order valence-electron chi connectivity index (χ4n) is 0.689. The highest BCUT2D eigenvalue weighted by atomic mass is 35.5. The normalized spacial score (nSPS) is 11.6. The molecule has 0 rings (SSSR count). The lowest BCUT2D eigenvalue weighted by molar-refractivity contribution is -0.145. The van der Waals surface area contributed by atoms with Crippen molar-refractivity contribution in [3.63, 3.8) is 0 Å². The quantitative estimate of drug-likeness (QED) is 0.380. The van der Waals surface area contributed by atoms with Gasteiger partial charge in [0.2, 0.25) is 0 Å². The van der Waals surface area contributed by atoms with Gasteiger partial charge in [-0.2, -0.15) is 0 Å². The Balaban J connectivity index is 3.96. The summed E-state index contributed by atoms with van der Waals surface area (Å²) in [6, 6.07) is 0. The Bertz CT molecular complexity index is 238. The molecule has 0 aliphatic heterocycles. The predicted octanol–water partition coefficient (Wildman–Crippen LogP) is 0.289. The highest BCUT2D eigenvalue weighted by molar-refractivity contribution is 6.41. The van der Waals surface area contributed by atoms with Crippen LogP contribution in [0.15, 0.2) is 0 Å². The first kappa shape index (κ1) is 12.9. The van der Waals surface area contributed by atoms with E-state index in [4.69, 9.17) is 11.6 Å². The molecular weight excluding hydrogens is 212 g/mol. The van der Waals surface area contributed by atoms with Crippen LogP contribution in [0.3, 0.4) is 0 Å². The van der Waals surface area contributed by atoms with Crippen molar-refractivity contribution in [2.75, 3.05) is 14.2 Å². The van der Waals surface area contributed by atoms with E-state index >= 15 is 0 Å². The topological polar surface area (TPSA) is 69.7 Å². The van der Waals surface area contributed by atoms with Crippen LogP contribution in [-0.4, -0.2) is 37.3 Å². The van der Waals surface area contributed by atoms with Gasteiger partial charge in [-0.15, -0.1) is 11.6 Å². The molecule has 0 saturated heterocycles. The highest BCUT2D eigenvalue weighted by Gasteiger charge is 2.24. The number of methoxy groups -OCH3 is 2. The van der Waals surface area contributed by atoms with E-state index in [9.17, 15) is 14.4 Å². The summed E-state index contributed by atoms with van der Waals surface area (Å²) in [5, 5.41) is -1.34. The minimum absolute atomic E-state index is 0.0878. The average molecular weight is 223 g/mol. The van der Waals surface area contributed by atoms with Crippen molar-refractivity contribution in [2.45, 2.75) is 18.2 Å². The number of alkyl halides is 1. The molecule has 80 valence electrons. The third-order valence-electron chi connectivity index (χ3n) is 1.49. The fraction of sp³-hybridized carbons (Fsp3) is 0.625. The summed E-state index contributed by atoms with van der Waals surface area (Å²) < 4.78 is 8.58. The van der Waals surface area contributed by atoms with Crippen LogP contribution in [0.2, 0.25) is 0 Å². The first-order valence-corrected chi connectivity index (χ1v) is 4.28. The van der Waals surface area contributed by atoms with Gasteiger partial charge < -0.3 is 9.47 Å². The second kappa shape index (κ2) is 6.37. The number of hydrogen-bond acceptors (Lipinski definition) is 5. The molecule has 0 fully saturated rings. The van der Waals surface area contributed by atoms with Gasteiger partial charge in [-0.3, -0.25) is 9.59 Å². The standard InChI is InChI=1S/C8H11ClO5/c1-13-6(11)4-3-5(10)7(9)8(12)14-2/h7H,3-4H2,1-2H3. The van der Waals surface area contributed by atoms with E-state index in [0.717, 1.165) is 7.11 Å². The van der Waals surface area contributed by atoms with E-state index in [-0.39, 0.29) is 12.8 Å². The van der Waals surface area contributed by atoms with Crippen LogP contribution in [-0.2, 0) is 23.9 Å². The molecule has 0 heterocycles. The van der Waals surface area contributed by atoms with Crippen molar-refractivity contribution >= 4 is 29.3 Å². The van der Waals surface area contributed by atoms with Crippen LogP contribution < -0.4 is 0 Å². The predicted molar refractivity (Wildman–Crippen MR) is 47.9 cm³/mol. The average Bonchev–Trinajstić information content (AvgIpc) is 2.22. The number of carbonyl (C=O) groups excluding carboxylic acids is 3. The monoisotopic (exact) mass is 222 g/mol. The van der Waals surface area contributed by atoms with Gasteiger partial charge in [-0.1, -0.05) is 0 Å². The molecule has 0 aliphatic rings.